The topological polar surface area (TPSA) is 67.8 Å². The molecule has 2 aromatic rings. The summed E-state index contributed by atoms with van der Waals surface area (Å²) in [6.45, 7) is 0. The van der Waals surface area contributed by atoms with Gasteiger partial charge in [0, 0.05) is 12.3 Å². The molecule has 2 heterocycles. The molecule has 8 heteroatoms. The van der Waals surface area contributed by atoms with Crippen molar-refractivity contribution in [1.82, 2.24) is 14.5 Å². The minimum absolute atomic E-state index is 0.217. The van der Waals surface area contributed by atoms with E-state index in [1.807, 2.05) is 4.98 Å². The number of nitrogens with one attached hydrogen (secondary N) is 1. The molecule has 0 fully saturated rings. The van der Waals surface area contributed by atoms with Crippen molar-refractivity contribution in [2.45, 2.75) is 6.18 Å². The van der Waals surface area contributed by atoms with E-state index in [0.29, 0.717) is 0 Å². The molecule has 2 aromatic heterocycles. The van der Waals surface area contributed by atoms with Gasteiger partial charge in [0.2, 0.25) is 0 Å². The number of nitrogens with zero attached hydrogens (tertiary/aromatic N) is 2. The molecule has 0 saturated heterocycles. The molecule has 1 N–H and O–H groups in total. The van der Waals surface area contributed by atoms with Gasteiger partial charge in [-0.2, -0.15) is 13.2 Å². The van der Waals surface area contributed by atoms with Crippen LogP contribution in [0.5, 0.6) is 0 Å². The quantitative estimate of drug-likeness (QED) is 0.826. The van der Waals surface area contributed by atoms with Gasteiger partial charge in [0.25, 0.3) is 5.56 Å². The number of aromatic amines is 1. The highest BCUT2D eigenvalue weighted by atomic mass is 19.4. The Balaban J connectivity index is 2.58. The Labute approximate surface area is 97.5 Å². The Kier molecular flexibility index (Phi) is 2.77. The van der Waals surface area contributed by atoms with Crippen LogP contribution in [0, 0.1) is 0 Å². The van der Waals surface area contributed by atoms with Gasteiger partial charge < -0.3 is 0 Å². The number of alkyl halides is 3. The first kappa shape index (κ1) is 12.1. The third-order valence-corrected chi connectivity index (χ3v) is 2.10. The van der Waals surface area contributed by atoms with E-state index in [4.69, 9.17) is 0 Å². The summed E-state index contributed by atoms with van der Waals surface area (Å²) < 4.78 is 38.1. The van der Waals surface area contributed by atoms with Gasteiger partial charge in [0.1, 0.15) is 11.5 Å². The molecule has 0 aliphatic heterocycles. The zero-order valence-electron chi connectivity index (χ0n) is 8.73. The first-order valence-corrected chi connectivity index (χ1v) is 4.74. The fourth-order valence-corrected chi connectivity index (χ4v) is 1.31. The second-order valence-corrected chi connectivity index (χ2v) is 3.36. The molecular weight excluding hydrogens is 251 g/mol. The molecule has 0 atom stereocenters. The normalized spacial score (nSPS) is 11.5. The van der Waals surface area contributed by atoms with Crippen LogP contribution in [0.3, 0.4) is 0 Å². The summed E-state index contributed by atoms with van der Waals surface area (Å²) in [5, 5.41) is 0. The van der Waals surface area contributed by atoms with Gasteiger partial charge in [0.15, 0.2) is 0 Å². The van der Waals surface area contributed by atoms with E-state index in [1.54, 1.807) is 0 Å². The number of rotatable bonds is 1. The summed E-state index contributed by atoms with van der Waals surface area (Å²) in [6, 6.07) is 4.17. The van der Waals surface area contributed by atoms with Gasteiger partial charge in [-0.25, -0.2) is 9.78 Å². The molecule has 0 spiro atoms. The zero-order chi connectivity index (χ0) is 13.3. The molecule has 18 heavy (non-hydrogen) atoms. The number of hydrogen-bond donors (Lipinski definition) is 1. The molecule has 0 saturated carbocycles. The third kappa shape index (κ3) is 2.31. The van der Waals surface area contributed by atoms with Crippen molar-refractivity contribution in [3.8, 4) is 5.82 Å². The lowest BCUT2D eigenvalue weighted by Crippen LogP contribution is -2.28. The third-order valence-electron chi connectivity index (χ3n) is 2.10. The highest BCUT2D eigenvalue weighted by molar-refractivity contribution is 5.25. The maximum atomic E-state index is 12.4. The smallest absolute Gasteiger partial charge is 0.274 e. The SMILES string of the molecule is O=c1ccn(-c2cccc(C(F)(F)F)n2)c(=O)[nH]1. The van der Waals surface area contributed by atoms with Crippen molar-refractivity contribution in [3.63, 3.8) is 0 Å². The second kappa shape index (κ2) is 4.13. The van der Waals surface area contributed by atoms with Gasteiger partial charge in [-0.05, 0) is 12.1 Å². The molecule has 0 aromatic carbocycles. The van der Waals surface area contributed by atoms with E-state index < -0.39 is 23.1 Å². The van der Waals surface area contributed by atoms with Crippen LogP contribution in [0.4, 0.5) is 13.2 Å². The first-order valence-electron chi connectivity index (χ1n) is 4.74. The fraction of sp³-hybridized carbons (Fsp3) is 0.100. The summed E-state index contributed by atoms with van der Waals surface area (Å²) in [6.07, 6.45) is -3.54. The van der Waals surface area contributed by atoms with Crippen LogP contribution in [0.2, 0.25) is 0 Å². The van der Waals surface area contributed by atoms with Crippen LogP contribution in [-0.4, -0.2) is 14.5 Å². The molecule has 0 radical (unpaired) electrons. The molecule has 94 valence electrons. The van der Waals surface area contributed by atoms with E-state index >= 15 is 0 Å². The summed E-state index contributed by atoms with van der Waals surface area (Å²) in [7, 11) is 0. The molecule has 5 nitrogen and oxygen atoms in total. The molecule has 0 aliphatic carbocycles. The standard InChI is InChI=1S/C10H6F3N3O2/c11-10(12,13)6-2-1-3-7(14-6)16-5-4-8(17)15-9(16)18/h1-5H,(H,15,17,18). The number of halogens is 3. The van der Waals surface area contributed by atoms with E-state index in [9.17, 15) is 22.8 Å². The van der Waals surface area contributed by atoms with E-state index in [-0.39, 0.29) is 5.82 Å². The van der Waals surface area contributed by atoms with Gasteiger partial charge in [-0.1, -0.05) is 6.07 Å². The van der Waals surface area contributed by atoms with Crippen molar-refractivity contribution in [1.29, 1.82) is 0 Å². The lowest BCUT2D eigenvalue weighted by Gasteiger charge is -2.08. The summed E-state index contributed by atoms with van der Waals surface area (Å²) in [5.41, 5.74) is -2.60. The summed E-state index contributed by atoms with van der Waals surface area (Å²) >= 11 is 0. The Morgan fingerprint density at radius 2 is 1.89 bits per heavy atom. The highest BCUT2D eigenvalue weighted by Gasteiger charge is 2.32. The van der Waals surface area contributed by atoms with Crippen molar-refractivity contribution >= 4 is 0 Å². The predicted molar refractivity (Wildman–Crippen MR) is 55.5 cm³/mol. The van der Waals surface area contributed by atoms with Crippen LogP contribution in [0.25, 0.3) is 5.82 Å². The Morgan fingerprint density at radius 1 is 1.17 bits per heavy atom. The van der Waals surface area contributed by atoms with Crippen LogP contribution >= 0.6 is 0 Å². The summed E-state index contributed by atoms with van der Waals surface area (Å²) in [5.74, 6) is -0.217. The largest absolute Gasteiger partial charge is 0.433 e. The van der Waals surface area contributed by atoms with E-state index in [1.165, 1.54) is 6.07 Å². The van der Waals surface area contributed by atoms with Crippen LogP contribution < -0.4 is 11.2 Å². The minimum atomic E-state index is -4.60. The van der Waals surface area contributed by atoms with Gasteiger partial charge in [0.05, 0.1) is 0 Å². The molecule has 0 aliphatic rings. The first-order chi connectivity index (χ1) is 8.38. The number of pyridine rings is 1. The Morgan fingerprint density at radius 3 is 2.50 bits per heavy atom. The lowest BCUT2D eigenvalue weighted by molar-refractivity contribution is -0.141. The Bertz CT molecular complexity index is 687. The molecule has 0 unspecified atom stereocenters. The van der Waals surface area contributed by atoms with Crippen molar-refractivity contribution in [2.24, 2.45) is 0 Å². The van der Waals surface area contributed by atoms with Gasteiger partial charge >= 0.3 is 11.9 Å². The molecular formula is C10H6F3N3O2. The zero-order valence-corrected chi connectivity index (χ0v) is 8.73. The number of aromatic nitrogens is 3. The van der Waals surface area contributed by atoms with E-state index in [0.717, 1.165) is 29.0 Å². The maximum absolute atomic E-state index is 12.4. The summed E-state index contributed by atoms with van der Waals surface area (Å²) in [4.78, 5) is 27.5. The minimum Gasteiger partial charge on any atom is -0.274 e. The average Bonchev–Trinajstić information content (AvgIpc) is 2.28. The Hall–Kier alpha value is -2.38. The van der Waals surface area contributed by atoms with Crippen molar-refractivity contribution in [2.75, 3.05) is 0 Å². The molecule has 0 amide bonds. The lowest BCUT2D eigenvalue weighted by atomic mass is 10.3. The number of H-pyrrole nitrogens is 1. The molecule has 0 bridgehead atoms. The fourth-order valence-electron chi connectivity index (χ4n) is 1.31. The monoisotopic (exact) mass is 257 g/mol. The van der Waals surface area contributed by atoms with Crippen LogP contribution in [0.1, 0.15) is 5.69 Å². The average molecular weight is 257 g/mol. The second-order valence-electron chi connectivity index (χ2n) is 3.36. The van der Waals surface area contributed by atoms with Crippen molar-refractivity contribution < 1.29 is 13.2 Å². The van der Waals surface area contributed by atoms with E-state index in [2.05, 4.69) is 4.98 Å². The van der Waals surface area contributed by atoms with Crippen LogP contribution in [0.15, 0.2) is 40.1 Å². The number of hydrogen-bond acceptors (Lipinski definition) is 3. The van der Waals surface area contributed by atoms with Gasteiger partial charge in [-0.3, -0.25) is 14.3 Å². The molecule has 2 rings (SSSR count). The van der Waals surface area contributed by atoms with Gasteiger partial charge in [-0.15, -0.1) is 0 Å². The maximum Gasteiger partial charge on any atom is 0.433 e. The van der Waals surface area contributed by atoms with Crippen molar-refractivity contribution in [3.05, 3.63) is 57.0 Å². The van der Waals surface area contributed by atoms with Crippen LogP contribution in [-0.2, 0) is 6.18 Å². The predicted octanol–water partition coefficient (Wildman–Crippen LogP) is 0.940. The highest BCUT2D eigenvalue weighted by Crippen LogP contribution is 2.27.